The molecule has 1 heterocycles. The monoisotopic (exact) mass is 334 g/mol. The molecule has 126 valence electrons. The first kappa shape index (κ1) is 16.9. The minimum atomic E-state index is -0.285. The van der Waals surface area contributed by atoms with E-state index in [2.05, 4.69) is 35.9 Å². The molecule has 1 aromatic heterocycles. The largest absolute Gasteiger partial charge is 0.420 e. The van der Waals surface area contributed by atoms with Gasteiger partial charge in [-0.15, -0.1) is 10.2 Å². The number of hydrogen-bond donors (Lipinski definition) is 0. The Bertz CT molecular complexity index is 899. The first-order valence-electron chi connectivity index (χ1n) is 8.41. The minimum Gasteiger partial charge on any atom is -0.420 e. The van der Waals surface area contributed by atoms with Crippen LogP contribution in [0.25, 0.3) is 11.5 Å². The summed E-state index contributed by atoms with van der Waals surface area (Å²) in [7, 11) is 0. The maximum Gasteiger partial charge on any atom is 0.247 e. The molecule has 3 rings (SSSR count). The molecule has 0 aliphatic carbocycles. The summed E-state index contributed by atoms with van der Waals surface area (Å²) in [6.07, 6.45) is 1.96. The van der Waals surface area contributed by atoms with E-state index in [0.29, 0.717) is 23.3 Å². The van der Waals surface area contributed by atoms with Crippen molar-refractivity contribution < 1.29 is 8.81 Å². The third-order valence-corrected chi connectivity index (χ3v) is 4.08. The van der Waals surface area contributed by atoms with Gasteiger partial charge in [0.2, 0.25) is 11.8 Å². The molecule has 25 heavy (non-hydrogen) atoms. The van der Waals surface area contributed by atoms with Crippen molar-refractivity contribution in [2.24, 2.45) is 0 Å². The Morgan fingerprint density at radius 1 is 0.960 bits per heavy atom. The Morgan fingerprint density at radius 3 is 2.36 bits per heavy atom. The predicted molar refractivity (Wildman–Crippen MR) is 95.4 cm³/mol. The highest BCUT2D eigenvalue weighted by Gasteiger charge is 2.15. The Labute approximate surface area is 146 Å². The van der Waals surface area contributed by atoms with Crippen LogP contribution < -0.4 is 0 Å². The van der Waals surface area contributed by atoms with Crippen LogP contribution in [-0.4, -0.2) is 10.2 Å². The van der Waals surface area contributed by atoms with Gasteiger partial charge in [0.25, 0.3) is 0 Å². The molecule has 0 fully saturated rings. The van der Waals surface area contributed by atoms with Crippen LogP contribution in [0.2, 0.25) is 0 Å². The Kier molecular flexibility index (Phi) is 5.25. The fraction of sp³-hybridized carbons (Fsp3) is 0.238. The molecule has 3 nitrogen and oxygen atoms in total. The van der Waals surface area contributed by atoms with Gasteiger partial charge in [0.1, 0.15) is 5.82 Å². The van der Waals surface area contributed by atoms with Gasteiger partial charge >= 0.3 is 0 Å². The molecule has 0 N–H and O–H groups in total. The van der Waals surface area contributed by atoms with Crippen LogP contribution in [0, 0.1) is 17.7 Å². The SMILES string of the molecule is CCC(CC)c1nnc(-c2ccc(C#Cc3cccc(F)c3)cc2)o1. The molecule has 0 aliphatic rings. The van der Waals surface area contributed by atoms with Crippen molar-refractivity contribution in [3.8, 4) is 23.3 Å². The highest BCUT2D eigenvalue weighted by Crippen LogP contribution is 2.25. The van der Waals surface area contributed by atoms with Crippen LogP contribution in [0.1, 0.15) is 49.6 Å². The van der Waals surface area contributed by atoms with Crippen LogP contribution in [0.15, 0.2) is 52.9 Å². The lowest BCUT2D eigenvalue weighted by molar-refractivity contribution is 0.439. The van der Waals surface area contributed by atoms with Gasteiger partial charge in [-0.2, -0.15) is 0 Å². The van der Waals surface area contributed by atoms with E-state index in [9.17, 15) is 4.39 Å². The van der Waals surface area contributed by atoms with Gasteiger partial charge < -0.3 is 4.42 Å². The lowest BCUT2D eigenvalue weighted by Gasteiger charge is -2.04. The van der Waals surface area contributed by atoms with Gasteiger partial charge in [-0.05, 0) is 55.3 Å². The summed E-state index contributed by atoms with van der Waals surface area (Å²) in [5, 5.41) is 8.30. The molecule has 0 amide bonds. The molecule has 2 aromatic carbocycles. The summed E-state index contributed by atoms with van der Waals surface area (Å²) in [5.41, 5.74) is 2.35. The van der Waals surface area contributed by atoms with E-state index in [4.69, 9.17) is 4.42 Å². The quantitative estimate of drug-likeness (QED) is 0.617. The van der Waals surface area contributed by atoms with Gasteiger partial charge in [-0.1, -0.05) is 31.8 Å². The summed E-state index contributed by atoms with van der Waals surface area (Å²) in [4.78, 5) is 0. The topological polar surface area (TPSA) is 38.9 Å². The van der Waals surface area contributed by atoms with Crippen molar-refractivity contribution in [3.05, 3.63) is 71.4 Å². The molecule has 3 aromatic rings. The Balaban J connectivity index is 1.77. The summed E-state index contributed by atoms with van der Waals surface area (Å²) in [5.74, 6) is 7.21. The zero-order chi connectivity index (χ0) is 17.6. The standard InChI is InChI=1S/C21H19FN2O/c1-3-17(4-2)20-23-24-21(25-20)18-12-10-15(11-13-18)8-9-16-6-5-7-19(22)14-16/h5-7,10-14,17H,3-4H2,1-2H3. The van der Waals surface area contributed by atoms with E-state index in [1.54, 1.807) is 12.1 Å². The smallest absolute Gasteiger partial charge is 0.247 e. The maximum absolute atomic E-state index is 13.2. The van der Waals surface area contributed by atoms with Crippen LogP contribution in [0.4, 0.5) is 4.39 Å². The normalized spacial score (nSPS) is 10.6. The van der Waals surface area contributed by atoms with Gasteiger partial charge in [0.05, 0.1) is 0 Å². The zero-order valence-corrected chi connectivity index (χ0v) is 14.3. The summed E-state index contributed by atoms with van der Waals surface area (Å²) < 4.78 is 18.9. The van der Waals surface area contributed by atoms with Crippen molar-refractivity contribution in [1.29, 1.82) is 0 Å². The van der Waals surface area contributed by atoms with E-state index in [0.717, 1.165) is 24.0 Å². The first-order valence-corrected chi connectivity index (χ1v) is 8.41. The number of halogens is 1. The van der Waals surface area contributed by atoms with Crippen LogP contribution in [-0.2, 0) is 0 Å². The number of aromatic nitrogens is 2. The van der Waals surface area contributed by atoms with Gasteiger partial charge in [0.15, 0.2) is 0 Å². The molecular weight excluding hydrogens is 315 g/mol. The van der Waals surface area contributed by atoms with Crippen LogP contribution >= 0.6 is 0 Å². The number of hydrogen-bond acceptors (Lipinski definition) is 3. The van der Waals surface area contributed by atoms with Crippen molar-refractivity contribution in [1.82, 2.24) is 10.2 Å². The van der Waals surface area contributed by atoms with Gasteiger partial charge in [-0.25, -0.2) is 4.39 Å². The fourth-order valence-corrected chi connectivity index (χ4v) is 2.56. The van der Waals surface area contributed by atoms with E-state index < -0.39 is 0 Å². The molecule has 0 saturated carbocycles. The first-order chi connectivity index (χ1) is 12.2. The van der Waals surface area contributed by atoms with E-state index in [1.165, 1.54) is 12.1 Å². The average molecular weight is 334 g/mol. The van der Waals surface area contributed by atoms with Crippen molar-refractivity contribution in [3.63, 3.8) is 0 Å². The lowest BCUT2D eigenvalue weighted by atomic mass is 10.0. The summed E-state index contributed by atoms with van der Waals surface area (Å²) in [6, 6.07) is 13.8. The molecule has 4 heteroatoms. The van der Waals surface area contributed by atoms with E-state index in [1.807, 2.05) is 24.3 Å². The van der Waals surface area contributed by atoms with Crippen molar-refractivity contribution in [2.75, 3.05) is 0 Å². The molecule has 0 aliphatic heterocycles. The highest BCUT2D eigenvalue weighted by molar-refractivity contribution is 5.55. The fourth-order valence-electron chi connectivity index (χ4n) is 2.56. The Morgan fingerprint density at radius 2 is 1.68 bits per heavy atom. The maximum atomic E-state index is 13.2. The molecule has 0 bridgehead atoms. The zero-order valence-electron chi connectivity index (χ0n) is 14.3. The third kappa shape index (κ3) is 4.13. The molecular formula is C21H19FN2O. The molecule has 0 radical (unpaired) electrons. The van der Waals surface area contributed by atoms with E-state index >= 15 is 0 Å². The van der Waals surface area contributed by atoms with Crippen LogP contribution in [0.3, 0.4) is 0 Å². The van der Waals surface area contributed by atoms with Crippen molar-refractivity contribution in [2.45, 2.75) is 32.6 Å². The molecule has 0 saturated heterocycles. The highest BCUT2D eigenvalue weighted by atomic mass is 19.1. The molecule has 0 atom stereocenters. The summed E-state index contributed by atoms with van der Waals surface area (Å²) in [6.45, 7) is 4.23. The third-order valence-electron chi connectivity index (χ3n) is 4.08. The summed E-state index contributed by atoms with van der Waals surface area (Å²) >= 11 is 0. The van der Waals surface area contributed by atoms with Crippen molar-refractivity contribution >= 4 is 0 Å². The predicted octanol–water partition coefficient (Wildman–Crippen LogP) is 5.18. The Hall–Kier alpha value is -2.93. The van der Waals surface area contributed by atoms with Gasteiger partial charge in [-0.3, -0.25) is 0 Å². The van der Waals surface area contributed by atoms with Gasteiger partial charge in [0, 0.05) is 22.6 Å². The van der Waals surface area contributed by atoms with E-state index in [-0.39, 0.29) is 5.82 Å². The molecule has 0 spiro atoms. The molecule has 0 unspecified atom stereocenters. The van der Waals surface area contributed by atoms with Crippen LogP contribution in [0.5, 0.6) is 0 Å². The second kappa shape index (κ2) is 7.76. The average Bonchev–Trinajstić information content (AvgIpc) is 3.11. The second-order valence-corrected chi connectivity index (χ2v) is 5.80. The lowest BCUT2D eigenvalue weighted by Crippen LogP contribution is -1.95. The number of benzene rings is 2. The minimum absolute atomic E-state index is 0.285. The number of rotatable bonds is 4. The second-order valence-electron chi connectivity index (χ2n) is 5.80. The number of nitrogens with zero attached hydrogens (tertiary/aromatic N) is 2.